The molecule has 1 N–H and O–H groups in total. The van der Waals surface area contributed by atoms with Crippen LogP contribution in [0.5, 0.6) is 0 Å². The lowest BCUT2D eigenvalue weighted by atomic mass is 9.81. The zero-order valence-electron chi connectivity index (χ0n) is 12.8. The first-order chi connectivity index (χ1) is 11.6. The number of nitrogens with one attached hydrogen (secondary N) is 1. The molecule has 0 bridgehead atoms. The number of thioether (sulfide) groups is 1. The third-order valence-electron chi connectivity index (χ3n) is 4.35. The third kappa shape index (κ3) is 2.53. The zero-order chi connectivity index (χ0) is 16.8. The summed E-state index contributed by atoms with van der Waals surface area (Å²) in [6, 6.07) is 5.03. The number of carbonyl (C=O) groups is 1. The highest BCUT2D eigenvalue weighted by molar-refractivity contribution is 7.98. The van der Waals surface area contributed by atoms with Crippen LogP contribution in [0.1, 0.15) is 24.4 Å². The van der Waals surface area contributed by atoms with Crippen molar-refractivity contribution in [3.05, 3.63) is 45.6 Å². The summed E-state index contributed by atoms with van der Waals surface area (Å²) in [5.41, 5.74) is 1.71. The number of halogens is 2. The van der Waals surface area contributed by atoms with Crippen molar-refractivity contribution in [1.82, 2.24) is 14.8 Å². The second kappa shape index (κ2) is 6.10. The highest BCUT2D eigenvalue weighted by atomic mass is 35.5. The first-order valence-electron chi connectivity index (χ1n) is 7.53. The van der Waals surface area contributed by atoms with E-state index in [4.69, 9.17) is 23.2 Å². The van der Waals surface area contributed by atoms with Crippen LogP contribution in [0, 0.1) is 5.92 Å². The number of hydrogen-bond acceptors (Lipinski definition) is 5. The number of ketones is 1. The van der Waals surface area contributed by atoms with E-state index in [1.54, 1.807) is 16.8 Å². The van der Waals surface area contributed by atoms with Crippen LogP contribution in [0.25, 0.3) is 0 Å². The van der Waals surface area contributed by atoms with E-state index in [0.29, 0.717) is 27.6 Å². The molecule has 0 amide bonds. The lowest BCUT2D eigenvalue weighted by molar-refractivity contribution is -0.123. The van der Waals surface area contributed by atoms with Gasteiger partial charge in [0.25, 0.3) is 0 Å². The van der Waals surface area contributed by atoms with Gasteiger partial charge in [-0.15, -0.1) is 5.10 Å². The molecule has 1 aromatic heterocycles. The van der Waals surface area contributed by atoms with Crippen molar-refractivity contribution >= 4 is 46.7 Å². The van der Waals surface area contributed by atoms with E-state index in [1.165, 1.54) is 11.8 Å². The normalized spacial score (nSPS) is 22.5. The van der Waals surface area contributed by atoms with Crippen molar-refractivity contribution < 1.29 is 4.79 Å². The van der Waals surface area contributed by atoms with Crippen molar-refractivity contribution in [2.75, 3.05) is 11.6 Å². The quantitative estimate of drug-likeness (QED) is 0.791. The topological polar surface area (TPSA) is 59.8 Å². The maximum Gasteiger partial charge on any atom is 0.227 e. The highest BCUT2D eigenvalue weighted by Gasteiger charge is 2.42. The number of anilines is 1. The Balaban J connectivity index is 1.93. The van der Waals surface area contributed by atoms with Gasteiger partial charge in [-0.3, -0.25) is 4.79 Å². The van der Waals surface area contributed by atoms with E-state index >= 15 is 0 Å². The van der Waals surface area contributed by atoms with Gasteiger partial charge in [-0.2, -0.15) is 4.98 Å². The van der Waals surface area contributed by atoms with Crippen molar-refractivity contribution in [2.24, 2.45) is 5.92 Å². The summed E-state index contributed by atoms with van der Waals surface area (Å²) in [6.45, 7) is 0. The van der Waals surface area contributed by atoms with Crippen LogP contribution in [0.3, 0.4) is 0 Å². The van der Waals surface area contributed by atoms with E-state index in [9.17, 15) is 4.79 Å². The summed E-state index contributed by atoms with van der Waals surface area (Å²) in [7, 11) is 0. The van der Waals surface area contributed by atoms with Gasteiger partial charge in [0.1, 0.15) is 5.78 Å². The molecule has 2 aliphatic rings. The Morgan fingerprint density at radius 3 is 2.96 bits per heavy atom. The van der Waals surface area contributed by atoms with Crippen molar-refractivity contribution in [2.45, 2.75) is 24.0 Å². The minimum Gasteiger partial charge on any atom is -0.328 e. The van der Waals surface area contributed by atoms with Crippen molar-refractivity contribution in [1.29, 1.82) is 0 Å². The average Bonchev–Trinajstić information content (AvgIpc) is 2.96. The van der Waals surface area contributed by atoms with Gasteiger partial charge >= 0.3 is 0 Å². The van der Waals surface area contributed by atoms with Gasteiger partial charge in [-0.25, -0.2) is 4.68 Å². The molecule has 0 saturated carbocycles. The number of allylic oxidation sites excluding steroid dienone is 2. The number of benzene rings is 1. The zero-order valence-corrected chi connectivity index (χ0v) is 15.1. The molecule has 124 valence electrons. The number of aromatic nitrogens is 3. The fourth-order valence-corrected chi connectivity index (χ4v) is 4.16. The molecule has 1 aliphatic carbocycles. The summed E-state index contributed by atoms with van der Waals surface area (Å²) in [5.74, 6) is 0.483. The van der Waals surface area contributed by atoms with E-state index in [-0.39, 0.29) is 17.7 Å². The van der Waals surface area contributed by atoms with Crippen molar-refractivity contribution in [3.63, 3.8) is 0 Å². The maximum atomic E-state index is 12.7. The second-order valence-electron chi connectivity index (χ2n) is 5.74. The van der Waals surface area contributed by atoms with E-state index in [0.717, 1.165) is 17.7 Å². The fraction of sp³-hybridized carbons (Fsp3) is 0.312. The van der Waals surface area contributed by atoms with Crippen LogP contribution in [0.15, 0.2) is 35.1 Å². The van der Waals surface area contributed by atoms with Gasteiger partial charge in [0, 0.05) is 22.2 Å². The first kappa shape index (κ1) is 16.0. The van der Waals surface area contributed by atoms with Gasteiger partial charge in [-0.05, 0) is 30.4 Å². The molecule has 5 nitrogen and oxygen atoms in total. The van der Waals surface area contributed by atoms with E-state index < -0.39 is 0 Å². The smallest absolute Gasteiger partial charge is 0.227 e. The minimum atomic E-state index is -0.332. The predicted octanol–water partition coefficient (Wildman–Crippen LogP) is 4.18. The molecular weight excluding hydrogens is 367 g/mol. The van der Waals surface area contributed by atoms with Gasteiger partial charge in [0.2, 0.25) is 11.1 Å². The lowest BCUT2D eigenvalue weighted by Gasteiger charge is -2.36. The molecule has 0 radical (unpaired) electrons. The molecule has 0 spiro atoms. The summed E-state index contributed by atoms with van der Waals surface area (Å²) >= 11 is 13.9. The monoisotopic (exact) mass is 380 g/mol. The van der Waals surface area contributed by atoms with Crippen LogP contribution >= 0.6 is 35.0 Å². The Kier molecular flexibility index (Phi) is 4.06. The summed E-state index contributed by atoms with van der Waals surface area (Å²) in [6.07, 6.45) is 5.25. The van der Waals surface area contributed by atoms with Crippen molar-refractivity contribution in [3.8, 4) is 0 Å². The Bertz CT molecular complexity index is 864. The summed E-state index contributed by atoms with van der Waals surface area (Å²) < 4.78 is 1.77. The second-order valence-corrected chi connectivity index (χ2v) is 7.36. The van der Waals surface area contributed by atoms with Gasteiger partial charge < -0.3 is 5.32 Å². The minimum absolute atomic E-state index is 0.183. The molecule has 1 aromatic carbocycles. The lowest BCUT2D eigenvalue weighted by Crippen LogP contribution is -2.38. The number of hydrogen-bond donors (Lipinski definition) is 1. The van der Waals surface area contributed by atoms with Crippen LogP contribution in [0.4, 0.5) is 5.95 Å². The summed E-state index contributed by atoms with van der Waals surface area (Å²) in [4.78, 5) is 17.2. The Morgan fingerprint density at radius 2 is 2.21 bits per heavy atom. The molecule has 0 saturated heterocycles. The molecule has 0 unspecified atom stereocenters. The molecule has 0 fully saturated rings. The molecule has 8 heteroatoms. The van der Waals surface area contributed by atoms with E-state index in [2.05, 4.69) is 21.5 Å². The molecule has 4 rings (SSSR count). The Morgan fingerprint density at radius 1 is 1.38 bits per heavy atom. The SMILES string of the molecule is CSc1nc2n(n1)[C@H](c1ccc(Cl)cc1Cl)[C@H]1C(=O)CCC=C1N2. The largest absolute Gasteiger partial charge is 0.328 e. The fourth-order valence-electron chi connectivity index (χ4n) is 3.29. The standard InChI is InChI=1S/C16H14Cl2N4OS/c1-24-16-20-15-19-11-3-2-4-12(23)13(11)14(22(15)21-16)9-6-5-8(17)7-10(9)18/h3,5-7,13-14H,2,4H2,1H3,(H,19,20,21)/t13-,14-/m1/s1. The number of nitrogens with zero attached hydrogens (tertiary/aromatic N) is 3. The van der Waals surface area contributed by atoms with E-state index in [1.807, 2.05) is 12.3 Å². The molecule has 1 aliphatic heterocycles. The van der Waals surface area contributed by atoms with Gasteiger partial charge in [0.15, 0.2) is 0 Å². The average molecular weight is 381 g/mol. The van der Waals surface area contributed by atoms with Gasteiger partial charge in [-0.1, -0.05) is 47.1 Å². The Labute approximate surface area is 153 Å². The molecular formula is C16H14Cl2N4OS. The molecule has 2 heterocycles. The Hall–Kier alpha value is -1.50. The highest BCUT2D eigenvalue weighted by Crippen LogP contribution is 2.44. The maximum absolute atomic E-state index is 12.7. The van der Waals surface area contributed by atoms with Crippen LogP contribution in [0.2, 0.25) is 10.0 Å². The third-order valence-corrected chi connectivity index (χ3v) is 5.45. The first-order valence-corrected chi connectivity index (χ1v) is 9.52. The number of fused-ring (bicyclic) bond motifs is 2. The number of Topliss-reactive ketones (excluding diaryl/α,β-unsaturated/α-hetero) is 1. The number of rotatable bonds is 2. The van der Waals surface area contributed by atoms with Gasteiger partial charge in [0.05, 0.1) is 12.0 Å². The number of carbonyl (C=O) groups excluding carboxylic acids is 1. The molecule has 2 atom stereocenters. The van der Waals surface area contributed by atoms with Crippen LogP contribution in [-0.2, 0) is 4.79 Å². The summed E-state index contributed by atoms with van der Waals surface area (Å²) in [5, 5.41) is 9.55. The molecule has 2 aromatic rings. The molecule has 24 heavy (non-hydrogen) atoms. The van der Waals surface area contributed by atoms with Crippen LogP contribution < -0.4 is 5.32 Å². The van der Waals surface area contributed by atoms with Crippen LogP contribution in [-0.4, -0.2) is 26.8 Å². The predicted molar refractivity (Wildman–Crippen MR) is 95.8 cm³/mol.